The largest absolute Gasteiger partial charge is 0.294 e. The fourth-order valence-electron chi connectivity index (χ4n) is 2.42. The van der Waals surface area contributed by atoms with E-state index in [1.807, 2.05) is 30.3 Å². The van der Waals surface area contributed by atoms with Crippen LogP contribution in [0.1, 0.15) is 15.9 Å². The van der Waals surface area contributed by atoms with Crippen molar-refractivity contribution < 1.29 is 9.18 Å². The predicted molar refractivity (Wildman–Crippen MR) is 86.1 cm³/mol. The van der Waals surface area contributed by atoms with Gasteiger partial charge in [0, 0.05) is 21.8 Å². The molecule has 3 aromatic carbocycles. The molecular weight excluding hydrogens is 331 g/mol. The van der Waals surface area contributed by atoms with Gasteiger partial charge in [-0.25, -0.2) is 4.39 Å². The molecule has 3 rings (SSSR count). The molecule has 0 bridgehead atoms. The highest BCUT2D eigenvalue weighted by Crippen LogP contribution is 2.24. The van der Waals surface area contributed by atoms with Gasteiger partial charge in [0.15, 0.2) is 5.78 Å². The van der Waals surface area contributed by atoms with Crippen LogP contribution in [0.2, 0.25) is 0 Å². The molecule has 0 atom stereocenters. The highest BCUT2D eigenvalue weighted by molar-refractivity contribution is 9.10. The van der Waals surface area contributed by atoms with Gasteiger partial charge in [-0.2, -0.15) is 0 Å². The van der Waals surface area contributed by atoms with E-state index in [0.29, 0.717) is 16.3 Å². The topological polar surface area (TPSA) is 17.1 Å². The van der Waals surface area contributed by atoms with Crippen LogP contribution in [0, 0.1) is 5.82 Å². The van der Waals surface area contributed by atoms with Gasteiger partial charge in [-0.15, -0.1) is 0 Å². The number of ketones is 1. The second kappa shape index (κ2) is 5.78. The molecule has 0 fully saturated rings. The molecule has 21 heavy (non-hydrogen) atoms. The maximum Gasteiger partial charge on any atom is 0.167 e. The van der Waals surface area contributed by atoms with Crippen molar-refractivity contribution in [2.24, 2.45) is 0 Å². The van der Waals surface area contributed by atoms with Crippen molar-refractivity contribution in [1.29, 1.82) is 0 Å². The number of hydrogen-bond donors (Lipinski definition) is 0. The lowest BCUT2D eigenvalue weighted by Crippen LogP contribution is -2.05. The number of Topliss-reactive ketones (excluding diaryl/α,β-unsaturated/α-hetero) is 1. The molecule has 0 spiro atoms. The number of rotatable bonds is 3. The van der Waals surface area contributed by atoms with Gasteiger partial charge < -0.3 is 0 Å². The molecule has 0 heterocycles. The molecule has 104 valence electrons. The zero-order chi connectivity index (χ0) is 14.8. The summed E-state index contributed by atoms with van der Waals surface area (Å²) in [5.41, 5.74) is 1.48. The molecule has 0 amide bonds. The van der Waals surface area contributed by atoms with Crippen molar-refractivity contribution in [2.45, 2.75) is 6.42 Å². The summed E-state index contributed by atoms with van der Waals surface area (Å²) in [5, 5.41) is 1.14. The van der Waals surface area contributed by atoms with Crippen molar-refractivity contribution in [2.75, 3.05) is 0 Å². The Morgan fingerprint density at radius 3 is 2.33 bits per heavy atom. The summed E-state index contributed by atoms with van der Waals surface area (Å²) in [6.07, 6.45) is 0.289. The summed E-state index contributed by atoms with van der Waals surface area (Å²) >= 11 is 3.45. The summed E-state index contributed by atoms with van der Waals surface area (Å²) in [7, 11) is 0. The highest BCUT2D eigenvalue weighted by atomic mass is 79.9. The van der Waals surface area contributed by atoms with Gasteiger partial charge in [0.2, 0.25) is 0 Å². The minimum absolute atomic E-state index is 0.0156. The van der Waals surface area contributed by atoms with E-state index >= 15 is 0 Å². The Morgan fingerprint density at radius 1 is 0.905 bits per heavy atom. The molecule has 0 aromatic heterocycles. The Kier molecular flexibility index (Phi) is 3.84. The van der Waals surface area contributed by atoms with Crippen molar-refractivity contribution >= 4 is 32.5 Å². The fraction of sp³-hybridized carbons (Fsp3) is 0.0556. The van der Waals surface area contributed by atoms with E-state index in [2.05, 4.69) is 15.9 Å². The van der Waals surface area contributed by atoms with Crippen LogP contribution >= 0.6 is 15.9 Å². The Hall–Kier alpha value is -2.00. The zero-order valence-electron chi connectivity index (χ0n) is 11.1. The lowest BCUT2D eigenvalue weighted by molar-refractivity contribution is 0.0994. The third kappa shape index (κ3) is 2.74. The zero-order valence-corrected chi connectivity index (χ0v) is 12.7. The molecule has 0 aliphatic heterocycles. The number of hydrogen-bond acceptors (Lipinski definition) is 1. The molecular formula is C18H12BrFO. The number of fused-ring (bicyclic) bond motifs is 1. The molecule has 0 radical (unpaired) electrons. The number of benzene rings is 3. The van der Waals surface area contributed by atoms with E-state index in [1.165, 1.54) is 6.07 Å². The molecule has 3 heteroatoms. The fourth-order valence-corrected chi connectivity index (χ4v) is 2.84. The van der Waals surface area contributed by atoms with Crippen LogP contribution in [-0.2, 0) is 6.42 Å². The Labute approximate surface area is 130 Å². The van der Waals surface area contributed by atoms with E-state index in [0.717, 1.165) is 10.0 Å². The second-order valence-electron chi connectivity index (χ2n) is 4.83. The standard InChI is InChI=1S/C18H12BrFO/c19-16-8-4-1-5-12(16)11-18(21)15-9-10-17(20)14-7-3-2-6-13(14)15/h1-10H,11H2. The lowest BCUT2D eigenvalue weighted by atomic mass is 9.97. The van der Waals surface area contributed by atoms with E-state index < -0.39 is 0 Å². The highest BCUT2D eigenvalue weighted by Gasteiger charge is 2.13. The van der Waals surface area contributed by atoms with Crippen molar-refractivity contribution in [3.8, 4) is 0 Å². The Bertz CT molecular complexity index is 826. The van der Waals surface area contributed by atoms with Gasteiger partial charge in [0.1, 0.15) is 5.82 Å². The van der Waals surface area contributed by atoms with E-state index in [-0.39, 0.29) is 18.0 Å². The summed E-state index contributed by atoms with van der Waals surface area (Å²) in [6, 6.07) is 17.6. The quantitative estimate of drug-likeness (QED) is 0.600. The van der Waals surface area contributed by atoms with Crippen LogP contribution in [-0.4, -0.2) is 5.78 Å². The molecule has 0 aliphatic carbocycles. The SMILES string of the molecule is O=C(Cc1ccccc1Br)c1ccc(F)c2ccccc12. The van der Waals surface area contributed by atoms with E-state index in [9.17, 15) is 9.18 Å². The Morgan fingerprint density at radius 2 is 1.57 bits per heavy atom. The number of halogens is 2. The smallest absolute Gasteiger partial charge is 0.167 e. The molecule has 3 aromatic rings. The summed E-state index contributed by atoms with van der Waals surface area (Å²) < 4.78 is 14.7. The lowest BCUT2D eigenvalue weighted by Gasteiger charge is -2.08. The van der Waals surface area contributed by atoms with Crippen LogP contribution < -0.4 is 0 Å². The third-order valence-corrected chi connectivity index (χ3v) is 4.25. The average molecular weight is 343 g/mol. The molecule has 0 aliphatic rings. The van der Waals surface area contributed by atoms with Crippen LogP contribution in [0.25, 0.3) is 10.8 Å². The summed E-state index contributed by atoms with van der Waals surface area (Å²) in [6.45, 7) is 0. The van der Waals surface area contributed by atoms with Crippen LogP contribution in [0.3, 0.4) is 0 Å². The van der Waals surface area contributed by atoms with Gasteiger partial charge in [-0.3, -0.25) is 4.79 Å². The second-order valence-corrected chi connectivity index (χ2v) is 5.69. The van der Waals surface area contributed by atoms with Crippen molar-refractivity contribution in [3.63, 3.8) is 0 Å². The Balaban J connectivity index is 2.03. The maximum absolute atomic E-state index is 13.8. The molecule has 0 unspecified atom stereocenters. The minimum atomic E-state index is -0.303. The first kappa shape index (κ1) is 14.0. The van der Waals surface area contributed by atoms with Gasteiger partial charge in [0.25, 0.3) is 0 Å². The van der Waals surface area contributed by atoms with Gasteiger partial charge in [-0.05, 0) is 29.1 Å². The minimum Gasteiger partial charge on any atom is -0.294 e. The van der Waals surface area contributed by atoms with Crippen molar-refractivity contribution in [3.05, 3.63) is 82.1 Å². The maximum atomic E-state index is 13.8. The molecule has 0 saturated heterocycles. The van der Waals surface area contributed by atoms with Crippen LogP contribution in [0.4, 0.5) is 4.39 Å². The summed E-state index contributed by atoms with van der Waals surface area (Å²) in [4.78, 5) is 12.5. The van der Waals surface area contributed by atoms with Gasteiger partial charge in [-0.1, -0.05) is 58.4 Å². The van der Waals surface area contributed by atoms with E-state index in [4.69, 9.17) is 0 Å². The monoisotopic (exact) mass is 342 g/mol. The predicted octanol–water partition coefficient (Wildman–Crippen LogP) is 5.17. The first-order valence-electron chi connectivity index (χ1n) is 6.60. The molecule has 1 nitrogen and oxygen atoms in total. The number of carbonyl (C=O) groups excluding carboxylic acids is 1. The van der Waals surface area contributed by atoms with Gasteiger partial charge in [0.05, 0.1) is 0 Å². The third-order valence-electron chi connectivity index (χ3n) is 3.48. The first-order valence-corrected chi connectivity index (χ1v) is 7.40. The average Bonchev–Trinajstić information content (AvgIpc) is 2.50. The van der Waals surface area contributed by atoms with Gasteiger partial charge >= 0.3 is 0 Å². The summed E-state index contributed by atoms with van der Waals surface area (Å²) in [5.74, 6) is -0.318. The first-order chi connectivity index (χ1) is 10.2. The normalized spacial score (nSPS) is 10.8. The molecule has 0 N–H and O–H groups in total. The van der Waals surface area contributed by atoms with Crippen LogP contribution in [0.15, 0.2) is 65.1 Å². The molecule has 0 saturated carbocycles. The van der Waals surface area contributed by atoms with Crippen LogP contribution in [0.5, 0.6) is 0 Å². The van der Waals surface area contributed by atoms with Crippen molar-refractivity contribution in [1.82, 2.24) is 0 Å². The van der Waals surface area contributed by atoms with E-state index in [1.54, 1.807) is 24.3 Å². The number of carbonyl (C=O) groups is 1.